The largest absolute Gasteiger partial charge is 0.321 e. The summed E-state index contributed by atoms with van der Waals surface area (Å²) in [7, 11) is -2.64. The van der Waals surface area contributed by atoms with Gasteiger partial charge in [0.1, 0.15) is 5.82 Å². The van der Waals surface area contributed by atoms with Crippen molar-refractivity contribution in [1.29, 1.82) is 0 Å². The van der Waals surface area contributed by atoms with Gasteiger partial charge in [0.05, 0.1) is 21.2 Å². The Labute approximate surface area is 192 Å². The van der Waals surface area contributed by atoms with E-state index in [2.05, 4.69) is 5.32 Å². The van der Waals surface area contributed by atoms with Crippen LogP contribution in [0.25, 0.3) is 0 Å². The zero-order valence-electron chi connectivity index (χ0n) is 18.0. The first-order chi connectivity index (χ1) is 15.2. The highest BCUT2D eigenvalue weighted by Crippen LogP contribution is 2.28. The highest BCUT2D eigenvalue weighted by Gasteiger charge is 2.24. The van der Waals surface area contributed by atoms with Crippen LogP contribution in [-0.4, -0.2) is 21.4 Å². The Balaban J connectivity index is 1.97. The molecule has 0 unspecified atom stereocenters. The number of carbonyl (C=O) groups is 1. The van der Waals surface area contributed by atoms with Crippen LogP contribution < -0.4 is 9.62 Å². The predicted molar refractivity (Wildman–Crippen MR) is 127 cm³/mol. The molecule has 168 valence electrons. The topological polar surface area (TPSA) is 66.5 Å². The van der Waals surface area contributed by atoms with E-state index in [0.717, 1.165) is 34.0 Å². The molecule has 0 heterocycles. The standard InChI is InChI=1S/C24H24ClFN2O3S/c1-4-16-7-6-8-17(5-2)23(16)27-24(29)21-15-20(13-14-22(21)25)32(30,31)28(3)19-11-9-18(26)10-12-19/h6-15H,4-5H2,1-3H3,(H,27,29). The number of sulfonamides is 1. The molecule has 0 saturated carbocycles. The van der Waals surface area contributed by atoms with Crippen molar-refractivity contribution < 1.29 is 17.6 Å². The van der Waals surface area contributed by atoms with Gasteiger partial charge in [-0.3, -0.25) is 9.10 Å². The van der Waals surface area contributed by atoms with Gasteiger partial charge in [-0.15, -0.1) is 0 Å². The number of benzene rings is 3. The van der Waals surface area contributed by atoms with Gasteiger partial charge in [-0.05, 0) is 66.4 Å². The molecule has 0 aromatic heterocycles. The molecule has 0 aliphatic carbocycles. The molecule has 0 spiro atoms. The monoisotopic (exact) mass is 474 g/mol. The molecule has 1 amide bonds. The molecule has 0 atom stereocenters. The van der Waals surface area contributed by atoms with Crippen molar-refractivity contribution in [2.24, 2.45) is 0 Å². The molecule has 0 fully saturated rings. The average Bonchev–Trinajstić information content (AvgIpc) is 2.79. The summed E-state index contributed by atoms with van der Waals surface area (Å²) in [6.45, 7) is 3.99. The van der Waals surface area contributed by atoms with Gasteiger partial charge in [0.25, 0.3) is 15.9 Å². The Morgan fingerprint density at radius 2 is 1.59 bits per heavy atom. The van der Waals surface area contributed by atoms with Crippen LogP contribution in [0.1, 0.15) is 35.3 Å². The predicted octanol–water partition coefficient (Wildman–Crippen LogP) is 5.68. The van der Waals surface area contributed by atoms with E-state index in [-0.39, 0.29) is 21.2 Å². The summed E-state index contributed by atoms with van der Waals surface area (Å²) >= 11 is 6.26. The molecule has 0 aliphatic rings. The van der Waals surface area contributed by atoms with Crippen molar-refractivity contribution in [3.63, 3.8) is 0 Å². The van der Waals surface area contributed by atoms with Crippen molar-refractivity contribution in [3.05, 3.63) is 88.2 Å². The lowest BCUT2D eigenvalue weighted by Gasteiger charge is -2.20. The van der Waals surface area contributed by atoms with Crippen molar-refractivity contribution in [2.45, 2.75) is 31.6 Å². The van der Waals surface area contributed by atoms with Crippen LogP contribution in [0.2, 0.25) is 5.02 Å². The molecule has 5 nitrogen and oxygen atoms in total. The molecule has 0 radical (unpaired) electrons. The Morgan fingerprint density at radius 1 is 1.00 bits per heavy atom. The fraction of sp³-hybridized carbons (Fsp3) is 0.208. The first-order valence-corrected chi connectivity index (χ1v) is 12.0. The summed E-state index contributed by atoms with van der Waals surface area (Å²) in [6.07, 6.45) is 1.46. The zero-order chi connectivity index (χ0) is 23.5. The van der Waals surface area contributed by atoms with Crippen molar-refractivity contribution >= 4 is 38.9 Å². The molecule has 32 heavy (non-hydrogen) atoms. The number of amides is 1. The lowest BCUT2D eigenvalue weighted by molar-refractivity contribution is 0.102. The fourth-order valence-corrected chi connectivity index (χ4v) is 4.80. The minimum absolute atomic E-state index is 0.0493. The lowest BCUT2D eigenvalue weighted by atomic mass is 10.0. The number of hydrogen-bond donors (Lipinski definition) is 1. The number of aryl methyl sites for hydroxylation is 2. The summed E-state index contributed by atoms with van der Waals surface area (Å²) < 4.78 is 40.5. The van der Waals surface area contributed by atoms with Gasteiger partial charge in [-0.2, -0.15) is 0 Å². The fourth-order valence-electron chi connectivity index (χ4n) is 3.37. The Hall–Kier alpha value is -2.90. The van der Waals surface area contributed by atoms with Crippen LogP contribution in [0.5, 0.6) is 0 Å². The van der Waals surface area contributed by atoms with Crippen LogP contribution in [0.3, 0.4) is 0 Å². The van der Waals surface area contributed by atoms with Crippen LogP contribution in [-0.2, 0) is 22.9 Å². The number of rotatable bonds is 7. The van der Waals surface area contributed by atoms with E-state index in [9.17, 15) is 17.6 Å². The number of nitrogens with zero attached hydrogens (tertiary/aromatic N) is 1. The van der Waals surface area contributed by atoms with E-state index >= 15 is 0 Å². The van der Waals surface area contributed by atoms with Crippen LogP contribution >= 0.6 is 11.6 Å². The molecule has 1 N–H and O–H groups in total. The maximum absolute atomic E-state index is 13.2. The molecule has 3 rings (SSSR count). The minimum atomic E-state index is -4.00. The van der Waals surface area contributed by atoms with E-state index in [1.54, 1.807) is 0 Å². The van der Waals surface area contributed by atoms with Gasteiger partial charge < -0.3 is 5.32 Å². The van der Waals surface area contributed by atoms with Crippen LogP contribution in [0.15, 0.2) is 65.6 Å². The number of hydrogen-bond acceptors (Lipinski definition) is 3. The van der Waals surface area contributed by atoms with Gasteiger partial charge in [0.15, 0.2) is 0 Å². The second-order valence-corrected chi connectivity index (χ2v) is 9.58. The van der Waals surface area contributed by atoms with E-state index in [1.807, 2.05) is 32.0 Å². The highest BCUT2D eigenvalue weighted by atomic mass is 35.5. The first kappa shape index (κ1) is 23.8. The Morgan fingerprint density at radius 3 is 2.16 bits per heavy atom. The molecule has 3 aromatic rings. The normalized spacial score (nSPS) is 11.3. The van der Waals surface area contributed by atoms with Crippen molar-refractivity contribution in [3.8, 4) is 0 Å². The smallest absolute Gasteiger partial charge is 0.264 e. The summed E-state index contributed by atoms with van der Waals surface area (Å²) in [6, 6.07) is 14.9. The summed E-state index contributed by atoms with van der Waals surface area (Å²) in [5.41, 5.74) is 3.02. The van der Waals surface area contributed by atoms with Gasteiger partial charge in [-0.25, -0.2) is 12.8 Å². The van der Waals surface area contributed by atoms with Gasteiger partial charge in [-0.1, -0.05) is 43.6 Å². The molecular formula is C24H24ClFN2O3S. The lowest BCUT2D eigenvalue weighted by Crippen LogP contribution is -2.27. The Bertz CT molecular complexity index is 1220. The SMILES string of the molecule is CCc1cccc(CC)c1NC(=O)c1cc(S(=O)(=O)N(C)c2ccc(F)cc2)ccc1Cl. The number of nitrogens with one attached hydrogen (secondary N) is 1. The Kier molecular flexibility index (Phi) is 7.21. The number of halogens is 2. The first-order valence-electron chi connectivity index (χ1n) is 10.1. The second kappa shape index (κ2) is 9.71. The maximum atomic E-state index is 13.2. The summed E-state index contributed by atoms with van der Waals surface area (Å²) in [5.74, 6) is -0.962. The third-order valence-corrected chi connectivity index (χ3v) is 7.38. The second-order valence-electron chi connectivity index (χ2n) is 7.20. The number of para-hydroxylation sites is 1. The molecule has 0 aliphatic heterocycles. The number of anilines is 2. The average molecular weight is 475 g/mol. The van der Waals surface area contributed by atoms with Crippen LogP contribution in [0.4, 0.5) is 15.8 Å². The molecular weight excluding hydrogens is 451 g/mol. The zero-order valence-corrected chi connectivity index (χ0v) is 19.6. The minimum Gasteiger partial charge on any atom is -0.321 e. The quantitative estimate of drug-likeness (QED) is 0.479. The molecule has 8 heteroatoms. The number of carbonyl (C=O) groups excluding carboxylic acids is 1. The molecule has 0 bridgehead atoms. The molecule has 3 aromatic carbocycles. The van der Waals surface area contributed by atoms with Gasteiger partial charge >= 0.3 is 0 Å². The van der Waals surface area contributed by atoms with Gasteiger partial charge in [0, 0.05) is 12.7 Å². The third kappa shape index (κ3) is 4.79. The van der Waals surface area contributed by atoms with Gasteiger partial charge in [0.2, 0.25) is 0 Å². The molecule has 0 saturated heterocycles. The summed E-state index contributed by atoms with van der Waals surface area (Å²) in [4.78, 5) is 13.0. The van der Waals surface area contributed by atoms with Crippen LogP contribution in [0, 0.1) is 5.82 Å². The van der Waals surface area contributed by atoms with Crippen molar-refractivity contribution in [1.82, 2.24) is 0 Å². The summed E-state index contributed by atoms with van der Waals surface area (Å²) in [5, 5.41) is 3.05. The highest BCUT2D eigenvalue weighted by molar-refractivity contribution is 7.92. The van der Waals surface area contributed by atoms with E-state index in [1.165, 1.54) is 49.5 Å². The van der Waals surface area contributed by atoms with E-state index < -0.39 is 21.7 Å². The van der Waals surface area contributed by atoms with E-state index in [0.29, 0.717) is 0 Å². The van der Waals surface area contributed by atoms with Crippen molar-refractivity contribution in [2.75, 3.05) is 16.7 Å². The van der Waals surface area contributed by atoms with E-state index in [4.69, 9.17) is 11.6 Å². The third-order valence-electron chi connectivity index (χ3n) is 5.27. The maximum Gasteiger partial charge on any atom is 0.264 e.